The van der Waals surface area contributed by atoms with Crippen molar-refractivity contribution in [2.45, 2.75) is 38.4 Å². The molecule has 0 aromatic carbocycles. The van der Waals surface area contributed by atoms with Gasteiger partial charge in [-0.15, -0.1) is 6.58 Å². The monoisotopic (exact) mass is 144 g/mol. The van der Waals surface area contributed by atoms with Gasteiger partial charge in [0.15, 0.2) is 0 Å². The Morgan fingerprint density at radius 1 is 1.40 bits per heavy atom. The van der Waals surface area contributed by atoms with Crippen LogP contribution in [0.3, 0.4) is 0 Å². The first-order chi connectivity index (χ1) is 4.70. The van der Waals surface area contributed by atoms with Crippen LogP contribution >= 0.6 is 0 Å². The third-order valence-corrected chi connectivity index (χ3v) is 1.45. The zero-order chi connectivity index (χ0) is 7.98. The fourth-order valence-electron chi connectivity index (χ4n) is 0.769. The van der Waals surface area contributed by atoms with E-state index in [4.69, 9.17) is 10.2 Å². The molecule has 2 nitrogen and oxygen atoms in total. The van der Waals surface area contributed by atoms with E-state index >= 15 is 0 Å². The van der Waals surface area contributed by atoms with Crippen LogP contribution in [0.25, 0.3) is 0 Å². The second kappa shape index (κ2) is 5.45. The molecule has 0 rings (SSSR count). The van der Waals surface area contributed by atoms with Crippen molar-refractivity contribution in [3.8, 4) is 0 Å². The molecule has 60 valence electrons. The van der Waals surface area contributed by atoms with Gasteiger partial charge in [0.05, 0.1) is 12.2 Å². The third kappa shape index (κ3) is 4.53. The van der Waals surface area contributed by atoms with Crippen LogP contribution in [-0.4, -0.2) is 22.4 Å². The SMILES string of the molecule is C=CCC(O)CC(O)CC. The van der Waals surface area contributed by atoms with E-state index in [0.717, 1.165) is 0 Å². The van der Waals surface area contributed by atoms with Crippen molar-refractivity contribution in [3.05, 3.63) is 12.7 Å². The molecule has 0 saturated carbocycles. The largest absolute Gasteiger partial charge is 0.393 e. The summed E-state index contributed by atoms with van der Waals surface area (Å²) in [5.74, 6) is 0. The predicted octanol–water partition coefficient (Wildman–Crippen LogP) is 1.08. The summed E-state index contributed by atoms with van der Waals surface area (Å²) in [5.41, 5.74) is 0. The van der Waals surface area contributed by atoms with Gasteiger partial charge in [-0.1, -0.05) is 13.0 Å². The first-order valence-corrected chi connectivity index (χ1v) is 3.67. The van der Waals surface area contributed by atoms with Gasteiger partial charge in [0, 0.05) is 0 Å². The molecule has 2 N–H and O–H groups in total. The summed E-state index contributed by atoms with van der Waals surface area (Å²) in [6.45, 7) is 5.39. The van der Waals surface area contributed by atoms with Gasteiger partial charge in [-0.25, -0.2) is 0 Å². The van der Waals surface area contributed by atoms with E-state index in [2.05, 4.69) is 6.58 Å². The van der Waals surface area contributed by atoms with Gasteiger partial charge in [0.25, 0.3) is 0 Å². The molecular formula is C8H16O2. The maximum atomic E-state index is 9.12. The second-order valence-corrected chi connectivity index (χ2v) is 2.48. The van der Waals surface area contributed by atoms with Gasteiger partial charge in [-0.3, -0.25) is 0 Å². The van der Waals surface area contributed by atoms with Gasteiger partial charge >= 0.3 is 0 Å². The Morgan fingerprint density at radius 3 is 2.40 bits per heavy atom. The van der Waals surface area contributed by atoms with Crippen molar-refractivity contribution < 1.29 is 10.2 Å². The minimum atomic E-state index is -0.424. The van der Waals surface area contributed by atoms with Crippen LogP contribution in [0.2, 0.25) is 0 Å². The molecule has 0 radical (unpaired) electrons. The highest BCUT2D eigenvalue weighted by molar-refractivity contribution is 4.73. The lowest BCUT2D eigenvalue weighted by atomic mass is 10.1. The van der Waals surface area contributed by atoms with Crippen LogP contribution in [0.5, 0.6) is 0 Å². The second-order valence-electron chi connectivity index (χ2n) is 2.48. The molecule has 2 atom stereocenters. The Hall–Kier alpha value is -0.340. The maximum Gasteiger partial charge on any atom is 0.0599 e. The fourth-order valence-corrected chi connectivity index (χ4v) is 0.769. The number of hydrogen-bond donors (Lipinski definition) is 2. The first kappa shape index (κ1) is 9.66. The summed E-state index contributed by atoms with van der Waals surface area (Å²) in [6, 6.07) is 0. The van der Waals surface area contributed by atoms with Crippen LogP contribution in [0, 0.1) is 0 Å². The van der Waals surface area contributed by atoms with Crippen molar-refractivity contribution in [1.82, 2.24) is 0 Å². The average molecular weight is 144 g/mol. The molecule has 0 aromatic rings. The van der Waals surface area contributed by atoms with Crippen LogP contribution in [-0.2, 0) is 0 Å². The molecule has 0 aliphatic heterocycles. The molecule has 0 amide bonds. The molecule has 0 aliphatic carbocycles. The van der Waals surface area contributed by atoms with E-state index in [1.165, 1.54) is 0 Å². The molecule has 0 fully saturated rings. The number of hydrogen-bond acceptors (Lipinski definition) is 2. The number of aliphatic hydroxyl groups is 2. The van der Waals surface area contributed by atoms with Gasteiger partial charge in [0.1, 0.15) is 0 Å². The lowest BCUT2D eigenvalue weighted by molar-refractivity contribution is 0.0802. The Kier molecular flexibility index (Phi) is 5.26. The molecule has 0 spiro atoms. The molecule has 2 heteroatoms. The molecule has 0 heterocycles. The standard InChI is InChI=1S/C8H16O2/c1-3-5-8(10)6-7(9)4-2/h3,7-10H,1,4-6H2,2H3. The highest BCUT2D eigenvalue weighted by Crippen LogP contribution is 2.04. The summed E-state index contributed by atoms with van der Waals surface area (Å²) >= 11 is 0. The third-order valence-electron chi connectivity index (χ3n) is 1.45. The van der Waals surface area contributed by atoms with Gasteiger partial charge in [-0.2, -0.15) is 0 Å². The van der Waals surface area contributed by atoms with Crippen LogP contribution in [0.1, 0.15) is 26.2 Å². The summed E-state index contributed by atoms with van der Waals surface area (Å²) in [7, 11) is 0. The number of rotatable bonds is 5. The average Bonchev–Trinajstić information content (AvgIpc) is 1.88. The molecule has 0 bridgehead atoms. The number of aliphatic hydroxyl groups excluding tert-OH is 2. The van der Waals surface area contributed by atoms with Crippen LogP contribution < -0.4 is 0 Å². The van der Waals surface area contributed by atoms with E-state index in [9.17, 15) is 0 Å². The molecule has 0 aliphatic rings. The van der Waals surface area contributed by atoms with Crippen molar-refractivity contribution in [2.75, 3.05) is 0 Å². The van der Waals surface area contributed by atoms with Gasteiger partial charge in [-0.05, 0) is 19.3 Å². The molecule has 2 unspecified atom stereocenters. The lowest BCUT2D eigenvalue weighted by Crippen LogP contribution is -2.15. The first-order valence-electron chi connectivity index (χ1n) is 3.67. The molecule has 0 saturated heterocycles. The Morgan fingerprint density at radius 2 is 2.00 bits per heavy atom. The van der Waals surface area contributed by atoms with Crippen LogP contribution in [0.4, 0.5) is 0 Å². The maximum absolute atomic E-state index is 9.12. The summed E-state index contributed by atoms with van der Waals surface area (Å²) in [5, 5.41) is 18.2. The molecule has 10 heavy (non-hydrogen) atoms. The summed E-state index contributed by atoms with van der Waals surface area (Å²) < 4.78 is 0. The van der Waals surface area contributed by atoms with E-state index in [1.807, 2.05) is 6.92 Å². The molecular weight excluding hydrogens is 128 g/mol. The normalized spacial score (nSPS) is 16.3. The van der Waals surface area contributed by atoms with Crippen molar-refractivity contribution in [3.63, 3.8) is 0 Å². The van der Waals surface area contributed by atoms with E-state index in [-0.39, 0.29) is 6.10 Å². The zero-order valence-corrected chi connectivity index (χ0v) is 6.45. The predicted molar refractivity (Wildman–Crippen MR) is 41.7 cm³/mol. The van der Waals surface area contributed by atoms with Crippen molar-refractivity contribution in [1.29, 1.82) is 0 Å². The highest BCUT2D eigenvalue weighted by atomic mass is 16.3. The van der Waals surface area contributed by atoms with Crippen molar-refractivity contribution >= 4 is 0 Å². The van der Waals surface area contributed by atoms with E-state index in [0.29, 0.717) is 19.3 Å². The van der Waals surface area contributed by atoms with Crippen LogP contribution in [0.15, 0.2) is 12.7 Å². The quantitative estimate of drug-likeness (QED) is 0.567. The van der Waals surface area contributed by atoms with E-state index in [1.54, 1.807) is 6.08 Å². The van der Waals surface area contributed by atoms with Crippen molar-refractivity contribution in [2.24, 2.45) is 0 Å². The fraction of sp³-hybridized carbons (Fsp3) is 0.750. The Labute approximate surface area is 62.2 Å². The molecule has 0 aromatic heterocycles. The minimum Gasteiger partial charge on any atom is -0.393 e. The zero-order valence-electron chi connectivity index (χ0n) is 6.45. The summed E-state index contributed by atoms with van der Waals surface area (Å²) in [6.07, 6.45) is 2.60. The lowest BCUT2D eigenvalue weighted by Gasteiger charge is -2.11. The highest BCUT2D eigenvalue weighted by Gasteiger charge is 2.07. The summed E-state index contributed by atoms with van der Waals surface area (Å²) in [4.78, 5) is 0. The topological polar surface area (TPSA) is 40.5 Å². The van der Waals surface area contributed by atoms with Gasteiger partial charge < -0.3 is 10.2 Å². The van der Waals surface area contributed by atoms with E-state index < -0.39 is 6.10 Å². The minimum absolute atomic E-state index is 0.366. The Balaban J connectivity index is 3.35. The Bertz CT molecular complexity index is 91.3. The smallest absolute Gasteiger partial charge is 0.0599 e. The van der Waals surface area contributed by atoms with Gasteiger partial charge in [0.2, 0.25) is 0 Å².